The minimum atomic E-state index is -4.94. The zero-order valence-electron chi connectivity index (χ0n) is 19.1. The summed E-state index contributed by atoms with van der Waals surface area (Å²) in [5.41, 5.74) is 0.515. The van der Waals surface area contributed by atoms with Crippen molar-refractivity contribution in [2.45, 2.75) is 31.9 Å². The highest BCUT2D eigenvalue weighted by atomic mass is 19.4. The van der Waals surface area contributed by atoms with E-state index in [9.17, 15) is 36.2 Å². The first-order valence-corrected chi connectivity index (χ1v) is 10.8. The molecule has 2 heterocycles. The molecule has 1 atom stereocenters. The monoisotopic (exact) mass is 530 g/mol. The van der Waals surface area contributed by atoms with Crippen LogP contribution in [-0.4, -0.2) is 57.9 Å². The van der Waals surface area contributed by atoms with Gasteiger partial charge in [0.05, 0.1) is 13.0 Å². The van der Waals surface area contributed by atoms with Gasteiger partial charge < -0.3 is 19.5 Å². The fourth-order valence-electron chi connectivity index (χ4n) is 3.73. The van der Waals surface area contributed by atoms with Crippen LogP contribution in [0.3, 0.4) is 0 Å². The van der Waals surface area contributed by atoms with Crippen molar-refractivity contribution in [1.82, 2.24) is 14.5 Å². The van der Waals surface area contributed by atoms with Gasteiger partial charge in [0.15, 0.2) is 11.5 Å². The molecule has 4 rings (SSSR count). The SMILES string of the molecule is CN1c2nc(Oc3cccc(OC(F)(F)F)c3)n(Cc3ccccc3)c2C(=O)N(CCC(F)(F)F)C1O. The van der Waals surface area contributed by atoms with Crippen molar-refractivity contribution in [1.29, 1.82) is 0 Å². The minimum absolute atomic E-state index is 0.0139. The number of anilines is 1. The normalized spacial score (nSPS) is 16.1. The van der Waals surface area contributed by atoms with Gasteiger partial charge in [-0.1, -0.05) is 36.4 Å². The van der Waals surface area contributed by atoms with Crippen LogP contribution in [0.25, 0.3) is 0 Å². The summed E-state index contributed by atoms with van der Waals surface area (Å²) in [7, 11) is 1.33. The highest BCUT2D eigenvalue weighted by Gasteiger charge is 2.42. The molecule has 14 heteroatoms. The van der Waals surface area contributed by atoms with E-state index in [-0.39, 0.29) is 29.8 Å². The van der Waals surface area contributed by atoms with Crippen LogP contribution in [0.4, 0.5) is 32.2 Å². The number of alkyl halides is 6. The maximum atomic E-state index is 13.3. The maximum absolute atomic E-state index is 13.3. The molecule has 1 aliphatic heterocycles. The molecule has 3 aromatic rings. The van der Waals surface area contributed by atoms with Crippen molar-refractivity contribution in [2.24, 2.45) is 0 Å². The molecule has 0 bridgehead atoms. The van der Waals surface area contributed by atoms with Crippen molar-refractivity contribution in [3.05, 3.63) is 65.9 Å². The summed E-state index contributed by atoms with van der Waals surface area (Å²) in [4.78, 5) is 19.3. The number of ether oxygens (including phenoxy) is 2. The second kappa shape index (κ2) is 9.84. The van der Waals surface area contributed by atoms with E-state index in [2.05, 4.69) is 9.72 Å². The van der Waals surface area contributed by atoms with E-state index in [0.29, 0.717) is 10.5 Å². The molecule has 198 valence electrons. The Bertz CT molecular complexity index is 1260. The Morgan fingerprint density at radius 2 is 1.68 bits per heavy atom. The van der Waals surface area contributed by atoms with E-state index in [1.54, 1.807) is 30.3 Å². The number of halogens is 6. The van der Waals surface area contributed by atoms with Gasteiger partial charge in [-0.3, -0.25) is 14.3 Å². The lowest BCUT2D eigenvalue weighted by Gasteiger charge is -2.38. The van der Waals surface area contributed by atoms with E-state index < -0.39 is 43.5 Å². The number of aromatic nitrogens is 2. The maximum Gasteiger partial charge on any atom is 0.573 e. The number of hydrogen-bond donors (Lipinski definition) is 1. The highest BCUT2D eigenvalue weighted by Crippen LogP contribution is 2.36. The number of imidazole rings is 1. The van der Waals surface area contributed by atoms with Gasteiger partial charge >= 0.3 is 18.5 Å². The van der Waals surface area contributed by atoms with Crippen LogP contribution < -0.4 is 14.4 Å². The van der Waals surface area contributed by atoms with Gasteiger partial charge in [0.25, 0.3) is 5.91 Å². The molecule has 1 aromatic heterocycles. The molecule has 0 fully saturated rings. The summed E-state index contributed by atoms with van der Waals surface area (Å²) in [5.74, 6) is -1.66. The van der Waals surface area contributed by atoms with Crippen LogP contribution in [0, 0.1) is 0 Å². The Balaban J connectivity index is 1.75. The van der Waals surface area contributed by atoms with Crippen LogP contribution in [0.5, 0.6) is 17.5 Å². The second-order valence-corrected chi connectivity index (χ2v) is 8.08. The molecule has 8 nitrogen and oxygen atoms in total. The zero-order valence-corrected chi connectivity index (χ0v) is 19.1. The Morgan fingerprint density at radius 1 is 1.00 bits per heavy atom. The number of aliphatic hydroxyl groups excluding tert-OH is 1. The lowest BCUT2D eigenvalue weighted by Crippen LogP contribution is -2.55. The molecule has 37 heavy (non-hydrogen) atoms. The molecule has 0 saturated carbocycles. The number of amides is 1. The summed E-state index contributed by atoms with van der Waals surface area (Å²) in [6.45, 7) is -0.823. The molecule has 1 unspecified atom stereocenters. The fourth-order valence-corrected chi connectivity index (χ4v) is 3.73. The Morgan fingerprint density at radius 3 is 2.32 bits per heavy atom. The minimum Gasteiger partial charge on any atom is -0.425 e. The average molecular weight is 530 g/mol. The van der Waals surface area contributed by atoms with Gasteiger partial charge in [-0.05, 0) is 17.7 Å². The number of carbonyl (C=O) groups excluding carboxylic acids is 1. The number of benzene rings is 2. The number of aliphatic hydroxyl groups is 1. The molecule has 0 saturated heterocycles. The highest BCUT2D eigenvalue weighted by molar-refractivity contribution is 5.99. The molecule has 1 N–H and O–H groups in total. The van der Waals surface area contributed by atoms with Crippen LogP contribution in [0.2, 0.25) is 0 Å². The van der Waals surface area contributed by atoms with Gasteiger partial charge in [0, 0.05) is 19.7 Å². The van der Waals surface area contributed by atoms with Crippen LogP contribution >= 0.6 is 0 Å². The number of rotatable bonds is 7. The quantitative estimate of drug-likeness (QED) is 0.445. The molecule has 1 amide bonds. The lowest BCUT2D eigenvalue weighted by molar-refractivity contribution is -0.274. The smallest absolute Gasteiger partial charge is 0.425 e. The Labute approximate surface area is 206 Å². The standard InChI is InChI=1S/C23H20F6N4O4/c1-31-18-17(19(34)32(21(31)35)11-10-22(24,25)26)33(13-14-6-3-2-4-7-14)20(30-18)36-15-8-5-9-16(12-15)37-23(27,28)29/h2-9,12,21,35H,10-11,13H2,1H3. The van der Waals surface area contributed by atoms with Crippen molar-refractivity contribution < 1.29 is 45.7 Å². The van der Waals surface area contributed by atoms with E-state index in [1.807, 2.05) is 0 Å². The molecular formula is C23H20F6N4O4. The van der Waals surface area contributed by atoms with E-state index >= 15 is 0 Å². The predicted octanol–water partition coefficient (Wildman–Crippen LogP) is 4.74. The summed E-state index contributed by atoms with van der Waals surface area (Å²) in [6.07, 6.45) is -12.6. The molecule has 0 radical (unpaired) electrons. The summed E-state index contributed by atoms with van der Waals surface area (Å²) in [6, 6.07) is 13.0. The van der Waals surface area contributed by atoms with Crippen LogP contribution in [0.1, 0.15) is 22.5 Å². The number of carbonyl (C=O) groups is 1. The first-order chi connectivity index (χ1) is 17.3. The van der Waals surface area contributed by atoms with E-state index in [0.717, 1.165) is 17.0 Å². The van der Waals surface area contributed by atoms with E-state index in [4.69, 9.17) is 4.74 Å². The van der Waals surface area contributed by atoms with Gasteiger partial charge in [-0.25, -0.2) is 0 Å². The van der Waals surface area contributed by atoms with Gasteiger partial charge in [-0.15, -0.1) is 13.2 Å². The first-order valence-electron chi connectivity index (χ1n) is 10.8. The largest absolute Gasteiger partial charge is 0.573 e. The molecule has 0 aliphatic carbocycles. The Hall–Kier alpha value is -3.94. The first kappa shape index (κ1) is 26.1. The molecule has 1 aliphatic rings. The molecule has 2 aromatic carbocycles. The van der Waals surface area contributed by atoms with Crippen LogP contribution in [-0.2, 0) is 6.54 Å². The second-order valence-electron chi connectivity index (χ2n) is 8.08. The van der Waals surface area contributed by atoms with Gasteiger partial charge in [0.1, 0.15) is 11.5 Å². The Kier molecular flexibility index (Phi) is 6.95. The predicted molar refractivity (Wildman–Crippen MR) is 117 cm³/mol. The van der Waals surface area contributed by atoms with Crippen molar-refractivity contribution in [2.75, 3.05) is 18.5 Å². The van der Waals surface area contributed by atoms with Crippen LogP contribution in [0.15, 0.2) is 54.6 Å². The molecular weight excluding hydrogens is 510 g/mol. The number of fused-ring (bicyclic) bond motifs is 1. The number of nitrogens with zero attached hydrogens (tertiary/aromatic N) is 4. The fraction of sp³-hybridized carbons (Fsp3) is 0.304. The van der Waals surface area contributed by atoms with Crippen molar-refractivity contribution >= 4 is 11.7 Å². The van der Waals surface area contributed by atoms with Gasteiger partial charge in [-0.2, -0.15) is 18.2 Å². The van der Waals surface area contributed by atoms with Crippen molar-refractivity contribution in [3.8, 4) is 17.5 Å². The summed E-state index contributed by atoms with van der Waals surface area (Å²) in [5, 5.41) is 10.5. The summed E-state index contributed by atoms with van der Waals surface area (Å²) < 4.78 is 87.4. The lowest BCUT2D eigenvalue weighted by atomic mass is 10.2. The average Bonchev–Trinajstić information content (AvgIpc) is 3.14. The van der Waals surface area contributed by atoms with Gasteiger partial charge in [0.2, 0.25) is 6.35 Å². The topological polar surface area (TPSA) is 80.1 Å². The van der Waals surface area contributed by atoms with E-state index in [1.165, 1.54) is 23.7 Å². The third-order valence-electron chi connectivity index (χ3n) is 5.40. The third-order valence-corrected chi connectivity index (χ3v) is 5.40. The molecule has 0 spiro atoms. The third kappa shape index (κ3) is 6.07. The summed E-state index contributed by atoms with van der Waals surface area (Å²) >= 11 is 0. The zero-order chi connectivity index (χ0) is 27.0. The number of hydrogen-bond acceptors (Lipinski definition) is 6. The van der Waals surface area contributed by atoms with Crippen molar-refractivity contribution in [3.63, 3.8) is 0 Å².